The van der Waals surface area contributed by atoms with Gasteiger partial charge in [0.15, 0.2) is 9.84 Å². The number of hydrogen-bond acceptors (Lipinski definition) is 4. The second-order valence-corrected chi connectivity index (χ2v) is 7.39. The van der Waals surface area contributed by atoms with Gasteiger partial charge in [-0.25, -0.2) is 8.42 Å². The SMILES string of the molecule is CS(=O)(=O)c1cc(N)cc(C(=O)NC2CCCCC2)c1. The second kappa shape index (κ2) is 5.83. The Hall–Kier alpha value is -1.56. The van der Waals surface area contributed by atoms with Crippen molar-refractivity contribution in [3.63, 3.8) is 0 Å². The third kappa shape index (κ3) is 3.72. The molecule has 1 amide bonds. The maximum Gasteiger partial charge on any atom is 0.251 e. The predicted molar refractivity (Wildman–Crippen MR) is 78.3 cm³/mol. The van der Waals surface area contributed by atoms with Gasteiger partial charge in [-0.05, 0) is 31.0 Å². The lowest BCUT2D eigenvalue weighted by molar-refractivity contribution is 0.0927. The number of amides is 1. The first-order valence-electron chi connectivity index (χ1n) is 6.78. The van der Waals surface area contributed by atoms with Crippen LogP contribution in [-0.4, -0.2) is 26.6 Å². The van der Waals surface area contributed by atoms with Gasteiger partial charge in [0.2, 0.25) is 0 Å². The Morgan fingerprint density at radius 2 is 1.85 bits per heavy atom. The summed E-state index contributed by atoms with van der Waals surface area (Å²) in [6, 6.07) is 4.43. The van der Waals surface area contributed by atoms with E-state index in [2.05, 4.69) is 5.32 Å². The summed E-state index contributed by atoms with van der Waals surface area (Å²) in [5.41, 5.74) is 6.26. The second-order valence-electron chi connectivity index (χ2n) is 5.37. The molecule has 1 fully saturated rings. The Bertz CT molecular complexity index is 605. The van der Waals surface area contributed by atoms with E-state index < -0.39 is 9.84 Å². The minimum Gasteiger partial charge on any atom is -0.399 e. The first-order chi connectivity index (χ1) is 9.36. The molecule has 5 nitrogen and oxygen atoms in total. The van der Waals surface area contributed by atoms with Gasteiger partial charge in [-0.15, -0.1) is 0 Å². The van der Waals surface area contributed by atoms with Gasteiger partial charge in [0.25, 0.3) is 5.91 Å². The van der Waals surface area contributed by atoms with E-state index in [0.29, 0.717) is 5.56 Å². The van der Waals surface area contributed by atoms with Crippen LogP contribution in [0.1, 0.15) is 42.5 Å². The summed E-state index contributed by atoms with van der Waals surface area (Å²) in [7, 11) is -3.37. The molecule has 1 aromatic carbocycles. The van der Waals surface area contributed by atoms with E-state index in [0.717, 1.165) is 31.9 Å². The number of anilines is 1. The van der Waals surface area contributed by atoms with Crippen LogP contribution in [0.5, 0.6) is 0 Å². The number of nitrogens with one attached hydrogen (secondary N) is 1. The Morgan fingerprint density at radius 1 is 1.20 bits per heavy atom. The average molecular weight is 296 g/mol. The van der Waals surface area contributed by atoms with Gasteiger partial charge in [-0.2, -0.15) is 0 Å². The van der Waals surface area contributed by atoms with Crippen molar-refractivity contribution in [2.24, 2.45) is 0 Å². The zero-order chi connectivity index (χ0) is 14.8. The average Bonchev–Trinajstić information content (AvgIpc) is 2.38. The van der Waals surface area contributed by atoms with E-state index in [1.54, 1.807) is 0 Å². The lowest BCUT2D eigenvalue weighted by Gasteiger charge is -2.22. The van der Waals surface area contributed by atoms with E-state index in [1.807, 2.05) is 0 Å². The van der Waals surface area contributed by atoms with E-state index in [-0.39, 0.29) is 22.5 Å². The fourth-order valence-corrected chi connectivity index (χ4v) is 3.17. The quantitative estimate of drug-likeness (QED) is 0.831. The van der Waals surface area contributed by atoms with Gasteiger partial charge in [0.05, 0.1) is 4.90 Å². The summed E-state index contributed by atoms with van der Waals surface area (Å²) in [5, 5.41) is 2.95. The first-order valence-corrected chi connectivity index (χ1v) is 8.67. The molecule has 0 heterocycles. The molecule has 2 rings (SSSR count). The molecule has 0 atom stereocenters. The van der Waals surface area contributed by atoms with Crippen LogP contribution in [0.15, 0.2) is 23.1 Å². The summed E-state index contributed by atoms with van der Waals surface area (Å²) < 4.78 is 23.1. The summed E-state index contributed by atoms with van der Waals surface area (Å²) in [6.45, 7) is 0. The zero-order valence-electron chi connectivity index (χ0n) is 11.6. The van der Waals surface area contributed by atoms with Crippen molar-refractivity contribution in [3.05, 3.63) is 23.8 Å². The van der Waals surface area contributed by atoms with Gasteiger partial charge in [-0.3, -0.25) is 4.79 Å². The Balaban J connectivity index is 2.19. The molecule has 1 saturated carbocycles. The number of sulfone groups is 1. The molecule has 0 spiro atoms. The third-order valence-electron chi connectivity index (χ3n) is 3.56. The zero-order valence-corrected chi connectivity index (χ0v) is 12.4. The standard InChI is InChI=1S/C14H20N2O3S/c1-20(18,19)13-8-10(7-11(15)9-13)14(17)16-12-5-3-2-4-6-12/h7-9,12H,2-6,15H2,1H3,(H,16,17). The van der Waals surface area contributed by atoms with Crippen molar-refractivity contribution >= 4 is 21.4 Å². The lowest BCUT2D eigenvalue weighted by Crippen LogP contribution is -2.36. The van der Waals surface area contributed by atoms with Crippen LogP contribution in [-0.2, 0) is 9.84 Å². The summed E-state index contributed by atoms with van der Waals surface area (Å²) >= 11 is 0. The van der Waals surface area contributed by atoms with Crippen LogP contribution >= 0.6 is 0 Å². The van der Waals surface area contributed by atoms with Crippen molar-refractivity contribution in [1.29, 1.82) is 0 Å². The number of carbonyl (C=O) groups excluding carboxylic acids is 1. The minimum atomic E-state index is -3.37. The number of carbonyl (C=O) groups is 1. The molecule has 3 N–H and O–H groups in total. The van der Waals surface area contributed by atoms with Crippen LogP contribution < -0.4 is 11.1 Å². The Kier molecular flexibility index (Phi) is 4.32. The topological polar surface area (TPSA) is 89.3 Å². The Morgan fingerprint density at radius 3 is 2.45 bits per heavy atom. The number of rotatable bonds is 3. The molecule has 0 aliphatic heterocycles. The Labute approximate surface area is 119 Å². The van der Waals surface area contributed by atoms with Crippen molar-refractivity contribution in [2.45, 2.75) is 43.0 Å². The molecular weight excluding hydrogens is 276 g/mol. The number of benzene rings is 1. The van der Waals surface area contributed by atoms with Gasteiger partial charge in [-0.1, -0.05) is 19.3 Å². The number of hydrogen-bond donors (Lipinski definition) is 2. The smallest absolute Gasteiger partial charge is 0.251 e. The van der Waals surface area contributed by atoms with E-state index in [4.69, 9.17) is 5.73 Å². The molecule has 1 aliphatic rings. The molecule has 0 saturated heterocycles. The van der Waals surface area contributed by atoms with E-state index >= 15 is 0 Å². The fourth-order valence-electron chi connectivity index (χ4n) is 2.48. The summed E-state index contributed by atoms with van der Waals surface area (Å²) in [6.07, 6.45) is 6.51. The maximum atomic E-state index is 12.2. The van der Waals surface area contributed by atoms with Crippen LogP contribution in [0.2, 0.25) is 0 Å². The number of nitrogens with two attached hydrogens (primary N) is 1. The number of nitrogen functional groups attached to an aromatic ring is 1. The maximum absolute atomic E-state index is 12.2. The normalized spacial score (nSPS) is 16.9. The molecule has 6 heteroatoms. The highest BCUT2D eigenvalue weighted by Crippen LogP contribution is 2.20. The van der Waals surface area contributed by atoms with Crippen molar-refractivity contribution in [2.75, 3.05) is 12.0 Å². The first kappa shape index (κ1) is 14.8. The predicted octanol–water partition coefficient (Wildman–Crippen LogP) is 1.73. The van der Waals surface area contributed by atoms with Crippen LogP contribution in [0.4, 0.5) is 5.69 Å². The highest BCUT2D eigenvalue weighted by molar-refractivity contribution is 7.90. The molecule has 0 bridgehead atoms. The van der Waals surface area contributed by atoms with Crippen molar-refractivity contribution in [1.82, 2.24) is 5.32 Å². The van der Waals surface area contributed by atoms with Crippen LogP contribution in [0.25, 0.3) is 0 Å². The van der Waals surface area contributed by atoms with Crippen molar-refractivity contribution < 1.29 is 13.2 Å². The van der Waals surface area contributed by atoms with E-state index in [1.165, 1.54) is 24.6 Å². The largest absolute Gasteiger partial charge is 0.399 e. The summed E-state index contributed by atoms with van der Waals surface area (Å²) in [4.78, 5) is 12.3. The summed E-state index contributed by atoms with van der Waals surface area (Å²) in [5.74, 6) is -0.255. The minimum absolute atomic E-state index is 0.0753. The molecule has 0 radical (unpaired) electrons. The molecule has 20 heavy (non-hydrogen) atoms. The van der Waals surface area contributed by atoms with Gasteiger partial charge >= 0.3 is 0 Å². The molecule has 1 aromatic rings. The lowest BCUT2D eigenvalue weighted by atomic mass is 9.95. The van der Waals surface area contributed by atoms with Gasteiger partial charge in [0.1, 0.15) is 0 Å². The third-order valence-corrected chi connectivity index (χ3v) is 4.65. The highest BCUT2D eigenvalue weighted by atomic mass is 32.2. The molecule has 0 aromatic heterocycles. The fraction of sp³-hybridized carbons (Fsp3) is 0.500. The van der Waals surface area contributed by atoms with Gasteiger partial charge < -0.3 is 11.1 Å². The van der Waals surface area contributed by atoms with E-state index in [9.17, 15) is 13.2 Å². The molecule has 1 aliphatic carbocycles. The van der Waals surface area contributed by atoms with Crippen LogP contribution in [0.3, 0.4) is 0 Å². The monoisotopic (exact) mass is 296 g/mol. The molecule has 0 unspecified atom stereocenters. The van der Waals surface area contributed by atoms with Crippen molar-refractivity contribution in [3.8, 4) is 0 Å². The molecular formula is C14H20N2O3S. The molecule has 110 valence electrons. The van der Waals surface area contributed by atoms with Crippen LogP contribution in [0, 0.1) is 0 Å². The van der Waals surface area contributed by atoms with Gasteiger partial charge in [0, 0.05) is 23.5 Å². The highest BCUT2D eigenvalue weighted by Gasteiger charge is 2.18.